The van der Waals surface area contributed by atoms with E-state index in [2.05, 4.69) is 9.88 Å². The third-order valence-electron chi connectivity index (χ3n) is 8.11. The molecule has 0 N–H and O–H groups in total. The molecule has 1 atom stereocenters. The molecule has 2 heterocycles. The summed E-state index contributed by atoms with van der Waals surface area (Å²) in [7, 11) is 3.20. The van der Waals surface area contributed by atoms with Crippen molar-refractivity contribution in [3.05, 3.63) is 101 Å². The fourth-order valence-electron chi connectivity index (χ4n) is 5.32. The minimum absolute atomic E-state index is 0.0559. The molecule has 47 heavy (non-hydrogen) atoms. The molecular weight excluding hydrogens is 611 g/mol. The Kier molecular flexibility index (Phi) is 12.1. The van der Waals surface area contributed by atoms with Gasteiger partial charge in [0.25, 0.3) is 0 Å². The van der Waals surface area contributed by atoms with Gasteiger partial charge >= 0.3 is 6.18 Å². The van der Waals surface area contributed by atoms with Crippen molar-refractivity contribution in [3.8, 4) is 0 Å². The Morgan fingerprint density at radius 3 is 2.21 bits per heavy atom. The van der Waals surface area contributed by atoms with Crippen LogP contribution in [0, 0.1) is 0 Å². The number of benzene rings is 2. The fraction of sp³-hybridized carbons (Fsp3) is 0.371. The molecule has 0 radical (unpaired) electrons. The molecule has 3 aromatic rings. The van der Waals surface area contributed by atoms with Crippen LogP contribution in [0.15, 0.2) is 79.0 Å². The molecule has 250 valence electrons. The van der Waals surface area contributed by atoms with E-state index >= 15 is 0 Å². The van der Waals surface area contributed by atoms with Gasteiger partial charge in [-0.15, -0.1) is 0 Å². The van der Waals surface area contributed by atoms with E-state index in [-0.39, 0.29) is 30.5 Å². The SMILES string of the molecule is COCCN(C)C(=O)C(Cc1ccccc1)N(Cc1ccc(N2CCN(C(C)=O)CC2)cc1)C(=O)C=Cc1ccc(C(F)(F)F)cn1. The van der Waals surface area contributed by atoms with Crippen molar-refractivity contribution in [2.45, 2.75) is 32.1 Å². The van der Waals surface area contributed by atoms with Gasteiger partial charge in [-0.3, -0.25) is 19.4 Å². The number of alkyl halides is 3. The van der Waals surface area contributed by atoms with E-state index in [0.29, 0.717) is 39.3 Å². The topological polar surface area (TPSA) is 86.3 Å². The minimum Gasteiger partial charge on any atom is -0.383 e. The number of pyridine rings is 1. The number of likely N-dealkylation sites (N-methyl/N-ethyl adjacent to an activating group) is 1. The number of aromatic nitrogens is 1. The highest BCUT2D eigenvalue weighted by Gasteiger charge is 2.32. The average molecular weight is 652 g/mol. The summed E-state index contributed by atoms with van der Waals surface area (Å²) in [5, 5.41) is 0. The van der Waals surface area contributed by atoms with Crippen LogP contribution < -0.4 is 4.90 Å². The van der Waals surface area contributed by atoms with Crippen LogP contribution in [0.2, 0.25) is 0 Å². The quantitative estimate of drug-likeness (QED) is 0.268. The maximum Gasteiger partial charge on any atom is 0.417 e. The normalized spacial score (nSPS) is 14.3. The predicted molar refractivity (Wildman–Crippen MR) is 173 cm³/mol. The van der Waals surface area contributed by atoms with Gasteiger partial charge in [0.1, 0.15) is 6.04 Å². The number of hydrogen-bond acceptors (Lipinski definition) is 6. The van der Waals surface area contributed by atoms with Crippen molar-refractivity contribution in [2.24, 2.45) is 0 Å². The molecule has 12 heteroatoms. The van der Waals surface area contributed by atoms with Gasteiger partial charge in [-0.2, -0.15) is 13.2 Å². The Morgan fingerprint density at radius 2 is 1.64 bits per heavy atom. The van der Waals surface area contributed by atoms with E-state index in [1.807, 2.05) is 59.5 Å². The molecule has 1 unspecified atom stereocenters. The van der Waals surface area contributed by atoms with Gasteiger partial charge in [-0.05, 0) is 41.5 Å². The molecule has 0 saturated carbocycles. The van der Waals surface area contributed by atoms with Crippen molar-refractivity contribution < 1.29 is 32.3 Å². The smallest absolute Gasteiger partial charge is 0.383 e. The van der Waals surface area contributed by atoms with E-state index in [1.54, 1.807) is 21.1 Å². The summed E-state index contributed by atoms with van der Waals surface area (Å²) in [4.78, 5) is 50.4. The lowest BCUT2D eigenvalue weighted by atomic mass is 10.0. The highest BCUT2D eigenvalue weighted by molar-refractivity contribution is 5.95. The first kappa shape index (κ1) is 35.1. The minimum atomic E-state index is -4.53. The maximum atomic E-state index is 13.9. The zero-order valence-electron chi connectivity index (χ0n) is 26.8. The van der Waals surface area contributed by atoms with Gasteiger partial charge < -0.3 is 24.3 Å². The lowest BCUT2D eigenvalue weighted by molar-refractivity contribution is -0.143. The molecule has 3 amide bonds. The van der Waals surface area contributed by atoms with E-state index < -0.39 is 23.7 Å². The largest absolute Gasteiger partial charge is 0.417 e. The van der Waals surface area contributed by atoms with Crippen molar-refractivity contribution in [1.29, 1.82) is 0 Å². The Balaban J connectivity index is 1.63. The van der Waals surface area contributed by atoms with Gasteiger partial charge in [-0.25, -0.2) is 0 Å². The molecule has 1 aliphatic rings. The first-order valence-electron chi connectivity index (χ1n) is 15.4. The Morgan fingerprint density at radius 1 is 0.957 bits per heavy atom. The van der Waals surface area contributed by atoms with Gasteiger partial charge in [0.15, 0.2) is 0 Å². The number of amides is 3. The third kappa shape index (κ3) is 9.89. The van der Waals surface area contributed by atoms with Crippen LogP contribution in [-0.2, 0) is 38.3 Å². The molecule has 0 bridgehead atoms. The first-order valence-corrected chi connectivity index (χ1v) is 15.4. The molecule has 4 rings (SSSR count). The summed E-state index contributed by atoms with van der Waals surface area (Å²) >= 11 is 0. The number of hydrogen-bond donors (Lipinski definition) is 0. The maximum absolute atomic E-state index is 13.9. The zero-order valence-corrected chi connectivity index (χ0v) is 26.8. The second-order valence-electron chi connectivity index (χ2n) is 11.4. The van der Waals surface area contributed by atoms with Crippen LogP contribution in [0.25, 0.3) is 6.08 Å². The van der Waals surface area contributed by atoms with E-state index in [0.717, 1.165) is 29.1 Å². The molecule has 1 aromatic heterocycles. The Hall–Kier alpha value is -4.71. The van der Waals surface area contributed by atoms with Crippen molar-refractivity contribution in [2.75, 3.05) is 58.4 Å². The van der Waals surface area contributed by atoms with Gasteiger partial charge in [0.05, 0.1) is 17.9 Å². The van der Waals surface area contributed by atoms with E-state index in [9.17, 15) is 27.6 Å². The highest BCUT2D eigenvalue weighted by Crippen LogP contribution is 2.28. The lowest BCUT2D eigenvalue weighted by Gasteiger charge is -2.36. The molecule has 0 aliphatic carbocycles. The highest BCUT2D eigenvalue weighted by atomic mass is 19.4. The second kappa shape index (κ2) is 16.2. The Labute approximate surface area is 273 Å². The number of rotatable bonds is 12. The standard InChI is InChI=1S/C35H40F3N5O4/c1-26(44)41-17-19-42(20-18-41)31-14-9-28(10-15-31)25-43(33(45)16-13-30-12-11-29(24-39-30)35(36,37)38)32(23-27-7-5-4-6-8-27)34(46)40(2)21-22-47-3/h4-16,24,32H,17-23,25H2,1-3H3. The van der Waals surface area contributed by atoms with Gasteiger partial charge in [-0.1, -0.05) is 42.5 Å². The number of anilines is 1. The number of carbonyl (C=O) groups is 3. The molecule has 1 saturated heterocycles. The molecule has 0 spiro atoms. The number of methoxy groups -OCH3 is 1. The number of piperazine rings is 1. The van der Waals surface area contributed by atoms with Crippen LogP contribution in [0.3, 0.4) is 0 Å². The predicted octanol–water partition coefficient (Wildman–Crippen LogP) is 4.53. The zero-order chi connectivity index (χ0) is 34.0. The van der Waals surface area contributed by atoms with Crippen LogP contribution >= 0.6 is 0 Å². The molecule has 9 nitrogen and oxygen atoms in total. The lowest BCUT2D eigenvalue weighted by Crippen LogP contribution is -2.51. The van der Waals surface area contributed by atoms with Crippen molar-refractivity contribution >= 4 is 29.5 Å². The third-order valence-corrected chi connectivity index (χ3v) is 8.11. The Bertz CT molecular complexity index is 1510. The second-order valence-corrected chi connectivity index (χ2v) is 11.4. The summed E-state index contributed by atoms with van der Waals surface area (Å²) in [6.07, 6.45) is -0.986. The molecular formula is C35H40F3N5O4. The number of nitrogens with zero attached hydrogens (tertiary/aromatic N) is 5. The van der Waals surface area contributed by atoms with Crippen molar-refractivity contribution in [3.63, 3.8) is 0 Å². The fourth-order valence-corrected chi connectivity index (χ4v) is 5.32. The van der Waals surface area contributed by atoms with Gasteiger partial charge in [0, 0.05) is 84.7 Å². The number of halogens is 3. The monoisotopic (exact) mass is 651 g/mol. The summed E-state index contributed by atoms with van der Waals surface area (Å²) < 4.78 is 44.3. The molecule has 1 aliphatic heterocycles. The molecule has 2 aromatic carbocycles. The number of carbonyl (C=O) groups excluding carboxylic acids is 3. The average Bonchev–Trinajstić information content (AvgIpc) is 3.08. The summed E-state index contributed by atoms with van der Waals surface area (Å²) in [6.45, 7) is 4.98. The van der Waals surface area contributed by atoms with Crippen molar-refractivity contribution in [1.82, 2.24) is 19.7 Å². The van der Waals surface area contributed by atoms with Gasteiger partial charge in [0.2, 0.25) is 17.7 Å². The van der Waals surface area contributed by atoms with Crippen LogP contribution in [-0.4, -0.2) is 96.9 Å². The number of ether oxygens (including phenoxy) is 1. The van der Waals surface area contributed by atoms with Crippen LogP contribution in [0.1, 0.15) is 29.3 Å². The molecule has 1 fully saturated rings. The van der Waals surface area contributed by atoms with Crippen LogP contribution in [0.5, 0.6) is 0 Å². The van der Waals surface area contributed by atoms with E-state index in [4.69, 9.17) is 4.74 Å². The van der Waals surface area contributed by atoms with E-state index in [1.165, 1.54) is 28.0 Å². The summed E-state index contributed by atoms with van der Waals surface area (Å²) in [5.41, 5.74) is 1.91. The summed E-state index contributed by atoms with van der Waals surface area (Å²) in [6, 6.07) is 18.3. The first-order chi connectivity index (χ1) is 22.5. The van der Waals surface area contributed by atoms with Crippen LogP contribution in [0.4, 0.5) is 18.9 Å². The summed E-state index contributed by atoms with van der Waals surface area (Å²) in [5.74, 6) is -0.716.